The second-order valence-electron chi connectivity index (χ2n) is 4.46. The average molecular weight is 289 g/mol. The van der Waals surface area contributed by atoms with E-state index in [0.717, 1.165) is 29.1 Å². The van der Waals surface area contributed by atoms with Gasteiger partial charge in [0.15, 0.2) is 0 Å². The van der Waals surface area contributed by atoms with Crippen molar-refractivity contribution in [1.29, 1.82) is 0 Å². The first-order chi connectivity index (χ1) is 9.70. The molecule has 1 aromatic carbocycles. The van der Waals surface area contributed by atoms with Gasteiger partial charge in [0.2, 0.25) is 0 Å². The lowest BCUT2D eigenvalue weighted by molar-refractivity contribution is 0.317. The molecular formula is C16H17ClN2O. The second-order valence-corrected chi connectivity index (χ2v) is 4.73. The van der Waals surface area contributed by atoms with Gasteiger partial charge in [-0.25, -0.2) is 4.98 Å². The minimum absolute atomic E-state index is 0.349. The van der Waals surface area contributed by atoms with Crippen LogP contribution >= 0.6 is 11.6 Å². The first-order valence-corrected chi connectivity index (χ1v) is 6.98. The van der Waals surface area contributed by atoms with E-state index in [-0.39, 0.29) is 0 Å². The van der Waals surface area contributed by atoms with Crippen LogP contribution in [-0.2, 0) is 13.5 Å². The molecule has 0 fully saturated rings. The number of rotatable bonds is 4. The van der Waals surface area contributed by atoms with E-state index in [1.54, 1.807) is 6.20 Å². The summed E-state index contributed by atoms with van der Waals surface area (Å²) >= 11 is 5.56. The van der Waals surface area contributed by atoms with Crippen molar-refractivity contribution in [3.63, 3.8) is 0 Å². The lowest BCUT2D eigenvalue weighted by Gasteiger charge is -2.08. The molecule has 3 nitrogen and oxygen atoms in total. The Labute approximate surface area is 124 Å². The SMILES string of the molecule is Cc1cc(OCCc2nccn2C)ccc1C#CCCl. The molecule has 0 aliphatic heterocycles. The van der Waals surface area contributed by atoms with Crippen LogP contribution in [0.1, 0.15) is 17.0 Å². The molecule has 0 unspecified atom stereocenters. The molecule has 0 aliphatic carbocycles. The average Bonchev–Trinajstić information content (AvgIpc) is 2.84. The fourth-order valence-corrected chi connectivity index (χ4v) is 1.96. The molecule has 0 saturated heterocycles. The van der Waals surface area contributed by atoms with Crippen LogP contribution in [0.3, 0.4) is 0 Å². The molecule has 0 aliphatic rings. The number of alkyl halides is 1. The van der Waals surface area contributed by atoms with Crippen molar-refractivity contribution in [3.8, 4) is 17.6 Å². The standard InChI is InChI=1S/C16H17ClN2O/c1-13-12-15(6-5-14(13)4-3-8-17)20-11-7-16-18-9-10-19(16)2/h5-6,9-10,12H,7-8,11H2,1-2H3. The molecule has 1 aromatic heterocycles. The molecule has 4 heteroatoms. The van der Waals surface area contributed by atoms with Gasteiger partial charge in [-0.15, -0.1) is 11.6 Å². The molecule has 0 radical (unpaired) electrons. The number of ether oxygens (including phenoxy) is 1. The maximum Gasteiger partial charge on any atom is 0.119 e. The van der Waals surface area contributed by atoms with E-state index in [2.05, 4.69) is 16.8 Å². The number of nitrogens with zero attached hydrogens (tertiary/aromatic N) is 2. The summed E-state index contributed by atoms with van der Waals surface area (Å²) in [4.78, 5) is 4.26. The molecule has 0 N–H and O–H groups in total. The van der Waals surface area contributed by atoms with E-state index in [1.807, 2.05) is 42.9 Å². The first kappa shape index (κ1) is 14.5. The van der Waals surface area contributed by atoms with Crippen LogP contribution in [0.5, 0.6) is 5.75 Å². The lowest BCUT2D eigenvalue weighted by atomic mass is 10.1. The van der Waals surface area contributed by atoms with Gasteiger partial charge in [-0.3, -0.25) is 0 Å². The molecule has 104 valence electrons. The summed E-state index contributed by atoms with van der Waals surface area (Å²) in [5, 5.41) is 0. The lowest BCUT2D eigenvalue weighted by Crippen LogP contribution is -2.06. The minimum Gasteiger partial charge on any atom is -0.493 e. The molecule has 0 bridgehead atoms. The van der Waals surface area contributed by atoms with Gasteiger partial charge in [-0.1, -0.05) is 11.8 Å². The molecule has 2 aromatic rings. The van der Waals surface area contributed by atoms with E-state index in [4.69, 9.17) is 16.3 Å². The van der Waals surface area contributed by atoms with E-state index in [0.29, 0.717) is 12.5 Å². The normalized spacial score (nSPS) is 9.95. The van der Waals surface area contributed by atoms with E-state index < -0.39 is 0 Å². The highest BCUT2D eigenvalue weighted by atomic mass is 35.5. The number of aromatic nitrogens is 2. The predicted octanol–water partition coefficient (Wildman–Crippen LogP) is 2.94. The molecule has 0 saturated carbocycles. The smallest absolute Gasteiger partial charge is 0.119 e. The maximum absolute atomic E-state index is 5.75. The summed E-state index contributed by atoms with van der Waals surface area (Å²) in [7, 11) is 1.98. The topological polar surface area (TPSA) is 27.1 Å². The van der Waals surface area contributed by atoms with Gasteiger partial charge in [0.25, 0.3) is 0 Å². The van der Waals surface area contributed by atoms with Crippen LogP contribution in [0.2, 0.25) is 0 Å². The molecule has 0 amide bonds. The maximum atomic E-state index is 5.75. The Morgan fingerprint density at radius 1 is 1.40 bits per heavy atom. The Kier molecular flexibility index (Phi) is 5.09. The largest absolute Gasteiger partial charge is 0.493 e. The number of halogens is 1. The summed E-state index contributed by atoms with van der Waals surface area (Å²) in [5.41, 5.74) is 2.08. The van der Waals surface area contributed by atoms with E-state index >= 15 is 0 Å². The van der Waals surface area contributed by atoms with Crippen LogP contribution in [-0.4, -0.2) is 22.0 Å². The highest BCUT2D eigenvalue weighted by Gasteiger charge is 2.02. The summed E-state index contributed by atoms with van der Waals surface area (Å²) in [6.07, 6.45) is 4.52. The number of aryl methyl sites for hydroxylation is 2. The van der Waals surface area contributed by atoms with Crippen molar-refractivity contribution in [2.24, 2.45) is 7.05 Å². The van der Waals surface area contributed by atoms with Crippen molar-refractivity contribution in [1.82, 2.24) is 9.55 Å². The van der Waals surface area contributed by atoms with Crippen molar-refractivity contribution in [2.45, 2.75) is 13.3 Å². The number of imidazole rings is 1. The minimum atomic E-state index is 0.349. The Morgan fingerprint density at radius 2 is 2.25 bits per heavy atom. The monoisotopic (exact) mass is 288 g/mol. The predicted molar refractivity (Wildman–Crippen MR) is 81.2 cm³/mol. The zero-order valence-corrected chi connectivity index (χ0v) is 12.4. The van der Waals surface area contributed by atoms with E-state index in [9.17, 15) is 0 Å². The van der Waals surface area contributed by atoms with Crippen molar-refractivity contribution in [3.05, 3.63) is 47.5 Å². The summed E-state index contributed by atoms with van der Waals surface area (Å²) < 4.78 is 7.75. The fourth-order valence-electron chi connectivity index (χ4n) is 1.89. The summed E-state index contributed by atoms with van der Waals surface area (Å²) in [6.45, 7) is 2.63. The Morgan fingerprint density at radius 3 is 2.90 bits per heavy atom. The van der Waals surface area contributed by atoms with Gasteiger partial charge >= 0.3 is 0 Å². The molecular weight excluding hydrogens is 272 g/mol. The molecule has 0 atom stereocenters. The number of benzene rings is 1. The zero-order chi connectivity index (χ0) is 14.4. The molecule has 20 heavy (non-hydrogen) atoms. The Balaban J connectivity index is 1.94. The summed E-state index contributed by atoms with van der Waals surface area (Å²) in [5.74, 6) is 8.10. The Bertz CT molecular complexity index is 637. The third-order valence-corrected chi connectivity index (χ3v) is 3.14. The quantitative estimate of drug-likeness (QED) is 0.639. The van der Waals surface area contributed by atoms with Gasteiger partial charge in [-0.05, 0) is 30.7 Å². The van der Waals surface area contributed by atoms with Crippen molar-refractivity contribution >= 4 is 11.6 Å². The third kappa shape index (κ3) is 3.79. The van der Waals surface area contributed by atoms with E-state index in [1.165, 1.54) is 0 Å². The number of hydrogen-bond donors (Lipinski definition) is 0. The van der Waals surface area contributed by atoms with Crippen LogP contribution in [0.4, 0.5) is 0 Å². The first-order valence-electron chi connectivity index (χ1n) is 6.45. The molecule has 0 spiro atoms. The third-order valence-electron chi connectivity index (χ3n) is 3.00. The molecule has 2 rings (SSSR count). The van der Waals surface area contributed by atoms with Crippen LogP contribution in [0.15, 0.2) is 30.6 Å². The van der Waals surface area contributed by atoms with Gasteiger partial charge in [-0.2, -0.15) is 0 Å². The highest BCUT2D eigenvalue weighted by molar-refractivity contribution is 6.19. The van der Waals surface area contributed by atoms with Crippen LogP contribution in [0.25, 0.3) is 0 Å². The molecule has 1 heterocycles. The van der Waals surface area contributed by atoms with Crippen LogP contribution < -0.4 is 4.74 Å². The van der Waals surface area contributed by atoms with Gasteiger partial charge in [0.05, 0.1) is 12.5 Å². The van der Waals surface area contributed by atoms with Crippen molar-refractivity contribution < 1.29 is 4.74 Å². The summed E-state index contributed by atoms with van der Waals surface area (Å²) in [6, 6.07) is 5.89. The zero-order valence-electron chi connectivity index (χ0n) is 11.7. The van der Waals surface area contributed by atoms with Crippen molar-refractivity contribution in [2.75, 3.05) is 12.5 Å². The van der Waals surface area contributed by atoms with Gasteiger partial charge in [0.1, 0.15) is 11.6 Å². The number of hydrogen-bond acceptors (Lipinski definition) is 2. The second kappa shape index (κ2) is 7.02. The van der Waals surface area contributed by atoms with Gasteiger partial charge in [0, 0.05) is 31.4 Å². The fraction of sp³-hybridized carbons (Fsp3) is 0.312. The Hall–Kier alpha value is -1.92. The van der Waals surface area contributed by atoms with Gasteiger partial charge < -0.3 is 9.30 Å². The van der Waals surface area contributed by atoms with Crippen LogP contribution in [0, 0.1) is 18.8 Å². The highest BCUT2D eigenvalue weighted by Crippen LogP contribution is 2.16.